The molecule has 0 spiro atoms. The van der Waals surface area contributed by atoms with Gasteiger partial charge < -0.3 is 4.74 Å². The third-order valence-corrected chi connectivity index (χ3v) is 2.30. The Morgan fingerprint density at radius 1 is 1.64 bits per heavy atom. The molecule has 1 aromatic carbocycles. The molecule has 0 atom stereocenters. The van der Waals surface area contributed by atoms with Crippen LogP contribution in [0.2, 0.25) is 0 Å². The van der Waals surface area contributed by atoms with Crippen LogP contribution in [0.5, 0.6) is 5.75 Å². The molecule has 0 aromatic heterocycles. The number of benzene rings is 1. The van der Waals surface area contributed by atoms with Crippen LogP contribution >= 0.6 is 15.9 Å². The first-order chi connectivity index (χ1) is 6.60. The van der Waals surface area contributed by atoms with Crippen molar-refractivity contribution in [2.45, 2.75) is 0 Å². The van der Waals surface area contributed by atoms with Gasteiger partial charge in [-0.1, -0.05) is 6.58 Å². The van der Waals surface area contributed by atoms with E-state index in [-0.39, 0.29) is 21.6 Å². The van der Waals surface area contributed by atoms with Crippen LogP contribution in [-0.4, -0.2) is 12.9 Å². The highest BCUT2D eigenvalue weighted by atomic mass is 79.9. The Labute approximate surface area is 89.5 Å². The van der Waals surface area contributed by atoms with Crippen LogP contribution < -0.4 is 4.74 Å². The molecule has 74 valence electrons. The van der Waals surface area contributed by atoms with Crippen molar-refractivity contribution in [3.05, 3.63) is 40.6 Å². The number of carbonyl (C=O) groups excluding carboxylic acids is 1. The van der Waals surface area contributed by atoms with Crippen molar-refractivity contribution in [1.82, 2.24) is 0 Å². The second-order valence-electron chi connectivity index (χ2n) is 2.53. The molecule has 0 aliphatic carbocycles. The molecule has 0 unspecified atom stereocenters. The lowest BCUT2D eigenvalue weighted by atomic mass is 10.1. The quantitative estimate of drug-likeness (QED) is 0.616. The van der Waals surface area contributed by atoms with Crippen LogP contribution in [0.3, 0.4) is 0 Å². The van der Waals surface area contributed by atoms with Crippen molar-refractivity contribution in [1.29, 1.82) is 0 Å². The van der Waals surface area contributed by atoms with Gasteiger partial charge in [-0.05, 0) is 28.1 Å². The zero-order valence-corrected chi connectivity index (χ0v) is 9.10. The Morgan fingerprint density at radius 2 is 2.29 bits per heavy atom. The Hall–Kier alpha value is -1.16. The molecular formula is C10H8BrFO2. The highest BCUT2D eigenvalue weighted by molar-refractivity contribution is 9.10. The van der Waals surface area contributed by atoms with E-state index >= 15 is 0 Å². The summed E-state index contributed by atoms with van der Waals surface area (Å²) >= 11 is 2.99. The van der Waals surface area contributed by atoms with Gasteiger partial charge in [-0.25, -0.2) is 4.39 Å². The van der Waals surface area contributed by atoms with E-state index in [9.17, 15) is 9.18 Å². The summed E-state index contributed by atoms with van der Waals surface area (Å²) in [5, 5.41) is 0. The molecule has 0 saturated heterocycles. The van der Waals surface area contributed by atoms with Crippen LogP contribution in [-0.2, 0) is 0 Å². The number of ketones is 1. The summed E-state index contributed by atoms with van der Waals surface area (Å²) in [6, 6.07) is 2.53. The van der Waals surface area contributed by atoms with Crippen LogP contribution in [0.25, 0.3) is 0 Å². The Balaban J connectivity index is 3.33. The van der Waals surface area contributed by atoms with Crippen molar-refractivity contribution in [3.8, 4) is 5.75 Å². The highest BCUT2D eigenvalue weighted by Gasteiger charge is 2.12. The minimum Gasteiger partial charge on any atom is -0.496 e. The lowest BCUT2D eigenvalue weighted by molar-refractivity contribution is 0.104. The van der Waals surface area contributed by atoms with Crippen molar-refractivity contribution in [2.24, 2.45) is 0 Å². The van der Waals surface area contributed by atoms with Gasteiger partial charge in [0.1, 0.15) is 11.6 Å². The fourth-order valence-corrected chi connectivity index (χ4v) is 1.34. The average molecular weight is 259 g/mol. The molecule has 14 heavy (non-hydrogen) atoms. The average Bonchev–Trinajstić information content (AvgIpc) is 2.20. The van der Waals surface area contributed by atoms with Gasteiger partial charge in [0, 0.05) is 6.07 Å². The second-order valence-corrected chi connectivity index (χ2v) is 3.39. The van der Waals surface area contributed by atoms with Gasteiger partial charge in [0.25, 0.3) is 0 Å². The number of ether oxygens (including phenoxy) is 1. The first-order valence-electron chi connectivity index (χ1n) is 3.80. The van der Waals surface area contributed by atoms with Crippen molar-refractivity contribution in [3.63, 3.8) is 0 Å². The topological polar surface area (TPSA) is 26.3 Å². The molecule has 0 N–H and O–H groups in total. The van der Waals surface area contributed by atoms with Crippen molar-refractivity contribution in [2.75, 3.05) is 7.11 Å². The second kappa shape index (κ2) is 4.37. The van der Waals surface area contributed by atoms with E-state index in [1.165, 1.54) is 13.2 Å². The normalized spacial score (nSPS) is 9.64. The van der Waals surface area contributed by atoms with E-state index in [1.54, 1.807) is 0 Å². The van der Waals surface area contributed by atoms with Gasteiger partial charge in [0.2, 0.25) is 0 Å². The van der Waals surface area contributed by atoms with E-state index in [4.69, 9.17) is 4.74 Å². The third-order valence-electron chi connectivity index (χ3n) is 1.69. The minimum absolute atomic E-state index is 0.204. The molecule has 1 rings (SSSR count). The molecule has 0 amide bonds. The Morgan fingerprint density at radius 3 is 2.79 bits per heavy atom. The lowest BCUT2D eigenvalue weighted by Gasteiger charge is -2.06. The van der Waals surface area contributed by atoms with E-state index in [0.29, 0.717) is 0 Å². The third kappa shape index (κ3) is 2.01. The number of rotatable bonds is 3. The van der Waals surface area contributed by atoms with Crippen LogP contribution in [0.4, 0.5) is 4.39 Å². The first-order valence-corrected chi connectivity index (χ1v) is 4.59. The van der Waals surface area contributed by atoms with Crippen molar-refractivity contribution >= 4 is 21.7 Å². The fraction of sp³-hybridized carbons (Fsp3) is 0.100. The van der Waals surface area contributed by atoms with Gasteiger partial charge in [-0.3, -0.25) is 4.79 Å². The summed E-state index contributed by atoms with van der Waals surface area (Å²) < 4.78 is 18.1. The van der Waals surface area contributed by atoms with Crippen LogP contribution in [0.15, 0.2) is 29.3 Å². The number of carbonyl (C=O) groups is 1. The maximum atomic E-state index is 13.0. The molecule has 0 radical (unpaired) electrons. The molecular weight excluding hydrogens is 251 g/mol. The van der Waals surface area contributed by atoms with E-state index in [0.717, 1.165) is 12.1 Å². The Bertz CT molecular complexity index is 388. The number of methoxy groups -OCH3 is 1. The highest BCUT2D eigenvalue weighted by Crippen LogP contribution is 2.26. The summed E-state index contributed by atoms with van der Waals surface area (Å²) in [5.74, 6) is -0.569. The SMILES string of the molecule is C=CC(=O)c1cc(Br)c(F)cc1OC. The van der Waals surface area contributed by atoms with Gasteiger partial charge in [0.15, 0.2) is 5.78 Å². The molecule has 0 saturated carbocycles. The van der Waals surface area contributed by atoms with Gasteiger partial charge in [-0.2, -0.15) is 0 Å². The predicted octanol–water partition coefficient (Wildman–Crippen LogP) is 2.97. The van der Waals surface area contributed by atoms with Crippen molar-refractivity contribution < 1.29 is 13.9 Å². The number of hydrogen-bond acceptors (Lipinski definition) is 2. The number of hydrogen-bond donors (Lipinski definition) is 0. The standard InChI is InChI=1S/C10H8BrFO2/c1-3-9(13)6-4-7(11)8(12)5-10(6)14-2/h3-5H,1H2,2H3. The molecule has 0 bridgehead atoms. The van der Waals surface area contributed by atoms with Gasteiger partial charge in [-0.15, -0.1) is 0 Å². The summed E-state index contributed by atoms with van der Waals surface area (Å²) in [4.78, 5) is 11.3. The van der Waals surface area contributed by atoms with Crippen LogP contribution in [0.1, 0.15) is 10.4 Å². The molecule has 0 aliphatic heterocycles. The van der Waals surface area contributed by atoms with Gasteiger partial charge >= 0.3 is 0 Å². The number of halogens is 2. The Kier molecular flexibility index (Phi) is 3.41. The molecule has 0 heterocycles. The monoisotopic (exact) mass is 258 g/mol. The van der Waals surface area contributed by atoms with E-state index < -0.39 is 5.82 Å². The molecule has 0 aliphatic rings. The maximum absolute atomic E-state index is 13.0. The fourth-order valence-electron chi connectivity index (χ4n) is 1.000. The first kappa shape index (κ1) is 10.9. The molecule has 2 nitrogen and oxygen atoms in total. The molecule has 4 heteroatoms. The summed E-state index contributed by atoms with van der Waals surface area (Å²) in [7, 11) is 1.38. The van der Waals surface area contributed by atoms with E-state index in [2.05, 4.69) is 22.5 Å². The largest absolute Gasteiger partial charge is 0.496 e. The predicted molar refractivity (Wildman–Crippen MR) is 55.2 cm³/mol. The molecule has 1 aromatic rings. The lowest BCUT2D eigenvalue weighted by Crippen LogP contribution is -1.99. The maximum Gasteiger partial charge on any atom is 0.189 e. The summed E-state index contributed by atoms with van der Waals surface area (Å²) in [6.45, 7) is 3.35. The van der Waals surface area contributed by atoms with E-state index in [1.807, 2.05) is 0 Å². The summed E-state index contributed by atoms with van der Waals surface area (Å²) in [6.07, 6.45) is 1.15. The number of allylic oxidation sites excluding steroid dienone is 1. The molecule has 0 fully saturated rings. The van der Waals surface area contributed by atoms with Gasteiger partial charge in [0.05, 0.1) is 17.1 Å². The summed E-state index contributed by atoms with van der Waals surface area (Å²) in [5.41, 5.74) is 0.288. The minimum atomic E-state index is -0.470. The smallest absolute Gasteiger partial charge is 0.189 e. The zero-order chi connectivity index (χ0) is 10.7. The zero-order valence-electron chi connectivity index (χ0n) is 7.51. The van der Waals surface area contributed by atoms with Crippen LogP contribution in [0, 0.1) is 5.82 Å².